The summed E-state index contributed by atoms with van der Waals surface area (Å²) in [7, 11) is 0. The topological polar surface area (TPSA) is 71.2 Å². The highest BCUT2D eigenvalue weighted by Gasteiger charge is 2.35. The molecule has 15 heavy (non-hydrogen) atoms. The minimum Gasteiger partial charge on any atom is -0.397 e. The van der Waals surface area contributed by atoms with E-state index < -0.39 is 11.1 Å². The van der Waals surface area contributed by atoms with E-state index >= 15 is 0 Å². The average molecular weight is 209 g/mol. The first-order chi connectivity index (χ1) is 6.72. The van der Waals surface area contributed by atoms with Crippen LogP contribution in [0.2, 0.25) is 0 Å². The Labute approximate surface area is 90.5 Å². The highest BCUT2D eigenvalue weighted by Crippen LogP contribution is 2.24. The summed E-state index contributed by atoms with van der Waals surface area (Å²) < 4.78 is 0. The van der Waals surface area contributed by atoms with Gasteiger partial charge in [0.2, 0.25) is 0 Å². The van der Waals surface area contributed by atoms with E-state index in [9.17, 15) is 5.11 Å². The number of nitrogen functional groups attached to an aromatic ring is 1. The first-order valence-corrected chi connectivity index (χ1v) is 4.94. The van der Waals surface area contributed by atoms with Gasteiger partial charge >= 0.3 is 0 Å². The van der Waals surface area contributed by atoms with E-state index in [0.717, 1.165) is 0 Å². The lowest BCUT2D eigenvalue weighted by molar-refractivity contribution is 0.0239. The predicted molar refractivity (Wildman–Crippen MR) is 62.6 cm³/mol. The van der Waals surface area contributed by atoms with Crippen molar-refractivity contribution in [2.75, 3.05) is 11.1 Å². The molecule has 4 heteroatoms. The third kappa shape index (κ3) is 2.83. The number of pyridine rings is 1. The number of rotatable bonds is 3. The Morgan fingerprint density at radius 3 is 2.27 bits per heavy atom. The molecule has 4 N–H and O–H groups in total. The summed E-state index contributed by atoms with van der Waals surface area (Å²) in [6.07, 6.45) is 1.59. The van der Waals surface area contributed by atoms with Crippen molar-refractivity contribution in [1.82, 2.24) is 4.98 Å². The van der Waals surface area contributed by atoms with Gasteiger partial charge < -0.3 is 16.2 Å². The van der Waals surface area contributed by atoms with E-state index in [1.807, 2.05) is 13.8 Å². The molecule has 0 aromatic carbocycles. The summed E-state index contributed by atoms with van der Waals surface area (Å²) in [5.41, 5.74) is 4.86. The van der Waals surface area contributed by atoms with Gasteiger partial charge in [0.1, 0.15) is 5.82 Å². The van der Waals surface area contributed by atoms with Crippen LogP contribution in [-0.2, 0) is 0 Å². The van der Waals surface area contributed by atoms with Crippen LogP contribution in [0.15, 0.2) is 18.3 Å². The van der Waals surface area contributed by atoms with Gasteiger partial charge in [-0.2, -0.15) is 0 Å². The Balaban J connectivity index is 2.82. The number of nitrogens with one attached hydrogen (secondary N) is 1. The fourth-order valence-corrected chi connectivity index (χ4v) is 0.952. The van der Waals surface area contributed by atoms with E-state index in [0.29, 0.717) is 11.5 Å². The lowest BCUT2D eigenvalue weighted by atomic mass is 9.86. The molecule has 0 bridgehead atoms. The molecule has 1 aromatic heterocycles. The highest BCUT2D eigenvalue weighted by molar-refractivity contribution is 5.45. The van der Waals surface area contributed by atoms with Crippen molar-refractivity contribution in [3.05, 3.63) is 18.3 Å². The van der Waals surface area contributed by atoms with Crippen LogP contribution in [-0.4, -0.2) is 21.2 Å². The Bertz CT molecular complexity index is 325. The van der Waals surface area contributed by atoms with E-state index in [1.54, 1.807) is 32.2 Å². The fraction of sp³-hybridized carbons (Fsp3) is 0.545. The van der Waals surface area contributed by atoms with Crippen molar-refractivity contribution < 1.29 is 5.11 Å². The number of hydrogen-bond acceptors (Lipinski definition) is 4. The second kappa shape index (κ2) is 3.70. The van der Waals surface area contributed by atoms with Gasteiger partial charge in [0.15, 0.2) is 0 Å². The van der Waals surface area contributed by atoms with E-state index in [2.05, 4.69) is 10.3 Å². The van der Waals surface area contributed by atoms with Crippen LogP contribution in [0, 0.1) is 0 Å². The van der Waals surface area contributed by atoms with E-state index in [4.69, 9.17) is 5.73 Å². The van der Waals surface area contributed by atoms with Gasteiger partial charge in [-0.1, -0.05) is 0 Å². The lowest BCUT2D eigenvalue weighted by Gasteiger charge is -2.38. The third-order valence-corrected chi connectivity index (χ3v) is 2.76. The van der Waals surface area contributed by atoms with Crippen molar-refractivity contribution in [2.45, 2.75) is 38.8 Å². The van der Waals surface area contributed by atoms with Gasteiger partial charge in [-0.3, -0.25) is 0 Å². The predicted octanol–water partition coefficient (Wildman–Crippen LogP) is 1.63. The summed E-state index contributed by atoms with van der Waals surface area (Å²) in [4.78, 5) is 4.13. The van der Waals surface area contributed by atoms with Crippen LogP contribution in [0.4, 0.5) is 11.5 Å². The molecule has 0 aliphatic carbocycles. The van der Waals surface area contributed by atoms with Crippen molar-refractivity contribution in [1.29, 1.82) is 0 Å². The van der Waals surface area contributed by atoms with Crippen LogP contribution >= 0.6 is 0 Å². The zero-order valence-corrected chi connectivity index (χ0v) is 9.70. The Morgan fingerprint density at radius 1 is 1.27 bits per heavy atom. The molecule has 0 unspecified atom stereocenters. The zero-order chi connectivity index (χ0) is 11.7. The van der Waals surface area contributed by atoms with Crippen LogP contribution in [0.1, 0.15) is 27.7 Å². The van der Waals surface area contributed by atoms with Crippen molar-refractivity contribution in [3.8, 4) is 0 Å². The maximum absolute atomic E-state index is 9.95. The number of nitrogens with zero attached hydrogens (tertiary/aromatic N) is 1. The van der Waals surface area contributed by atoms with Crippen molar-refractivity contribution in [3.63, 3.8) is 0 Å². The number of aromatic nitrogens is 1. The first kappa shape index (κ1) is 11.8. The number of hydrogen-bond donors (Lipinski definition) is 3. The molecular weight excluding hydrogens is 190 g/mol. The summed E-state index contributed by atoms with van der Waals surface area (Å²) in [6.45, 7) is 7.37. The molecule has 0 aliphatic rings. The van der Waals surface area contributed by atoms with Crippen LogP contribution < -0.4 is 11.1 Å². The SMILES string of the molecule is CC(C)(O)C(C)(C)Nc1ccc(N)cn1. The minimum atomic E-state index is -0.837. The zero-order valence-electron chi connectivity index (χ0n) is 9.70. The number of anilines is 2. The largest absolute Gasteiger partial charge is 0.397 e. The summed E-state index contributed by atoms with van der Waals surface area (Å²) in [5.74, 6) is 0.705. The van der Waals surface area contributed by atoms with Gasteiger partial charge in [-0.15, -0.1) is 0 Å². The second-order valence-electron chi connectivity index (χ2n) is 4.79. The van der Waals surface area contributed by atoms with E-state index in [-0.39, 0.29) is 0 Å². The van der Waals surface area contributed by atoms with Gasteiger partial charge in [0.05, 0.1) is 23.0 Å². The normalized spacial score (nSPS) is 12.6. The maximum atomic E-state index is 9.95. The molecule has 1 heterocycles. The summed E-state index contributed by atoms with van der Waals surface area (Å²) >= 11 is 0. The molecule has 0 radical (unpaired) electrons. The smallest absolute Gasteiger partial charge is 0.126 e. The molecule has 0 fully saturated rings. The molecule has 0 saturated carbocycles. The van der Waals surface area contributed by atoms with E-state index in [1.165, 1.54) is 0 Å². The van der Waals surface area contributed by atoms with Crippen molar-refractivity contribution in [2.24, 2.45) is 0 Å². The van der Waals surface area contributed by atoms with Crippen LogP contribution in [0.5, 0.6) is 0 Å². The number of aliphatic hydroxyl groups is 1. The molecule has 0 spiro atoms. The molecule has 0 amide bonds. The van der Waals surface area contributed by atoms with Crippen LogP contribution in [0.3, 0.4) is 0 Å². The lowest BCUT2D eigenvalue weighted by Crippen LogP contribution is -2.51. The second-order valence-corrected chi connectivity index (χ2v) is 4.79. The van der Waals surface area contributed by atoms with Gasteiger partial charge in [-0.05, 0) is 39.8 Å². The molecule has 0 atom stereocenters. The highest BCUT2D eigenvalue weighted by atomic mass is 16.3. The Morgan fingerprint density at radius 2 is 1.87 bits per heavy atom. The molecule has 84 valence electrons. The van der Waals surface area contributed by atoms with Crippen molar-refractivity contribution >= 4 is 11.5 Å². The molecule has 4 nitrogen and oxygen atoms in total. The number of nitrogens with two attached hydrogens (primary N) is 1. The molecule has 0 saturated heterocycles. The molecule has 1 aromatic rings. The fourth-order valence-electron chi connectivity index (χ4n) is 0.952. The molecule has 0 aliphatic heterocycles. The van der Waals surface area contributed by atoms with Gasteiger partial charge in [0.25, 0.3) is 0 Å². The molecular formula is C11H19N3O. The summed E-state index contributed by atoms with van der Waals surface area (Å²) in [6, 6.07) is 3.57. The Kier molecular flexibility index (Phi) is 2.90. The van der Waals surface area contributed by atoms with Gasteiger partial charge in [-0.25, -0.2) is 4.98 Å². The Hall–Kier alpha value is -1.29. The third-order valence-electron chi connectivity index (χ3n) is 2.76. The van der Waals surface area contributed by atoms with Gasteiger partial charge in [0, 0.05) is 0 Å². The quantitative estimate of drug-likeness (QED) is 0.707. The minimum absolute atomic E-state index is 0.462. The maximum Gasteiger partial charge on any atom is 0.126 e. The summed E-state index contributed by atoms with van der Waals surface area (Å²) in [5, 5.41) is 13.1. The first-order valence-electron chi connectivity index (χ1n) is 4.94. The monoisotopic (exact) mass is 209 g/mol. The molecule has 1 rings (SSSR count). The average Bonchev–Trinajstić information content (AvgIpc) is 2.06. The van der Waals surface area contributed by atoms with Crippen LogP contribution in [0.25, 0.3) is 0 Å². The standard InChI is InChI=1S/C11H19N3O/c1-10(2,11(3,4)15)14-9-6-5-8(12)7-13-9/h5-7,15H,12H2,1-4H3,(H,13,14).